The van der Waals surface area contributed by atoms with Crippen molar-refractivity contribution in [1.82, 2.24) is 19.6 Å². The largest absolute Gasteiger partial charge is 0.357 e. The van der Waals surface area contributed by atoms with Gasteiger partial charge < -0.3 is 5.32 Å². The average Bonchev–Trinajstić information content (AvgIpc) is 3.23. The van der Waals surface area contributed by atoms with Gasteiger partial charge in [-0.25, -0.2) is 4.98 Å². The second-order valence-electron chi connectivity index (χ2n) is 5.60. The van der Waals surface area contributed by atoms with Gasteiger partial charge in [-0.3, -0.25) is 9.20 Å². The molecule has 1 saturated carbocycles. The van der Waals surface area contributed by atoms with Crippen LogP contribution in [0.1, 0.15) is 24.1 Å². The number of rotatable bonds is 5. The number of pyridine rings is 1. The molecule has 8 heteroatoms. The fraction of sp³-hybridized carbons (Fsp3) is 0.333. The Morgan fingerprint density at radius 2 is 2.26 bits per heavy atom. The van der Waals surface area contributed by atoms with Crippen LogP contribution in [0.5, 0.6) is 0 Å². The summed E-state index contributed by atoms with van der Waals surface area (Å²) in [6.07, 6.45) is 4.24. The zero-order valence-electron chi connectivity index (χ0n) is 12.5. The first-order valence-electron chi connectivity index (χ1n) is 7.39. The molecule has 118 valence electrons. The minimum atomic E-state index is -0.0531. The average molecular weight is 345 g/mol. The highest BCUT2D eigenvalue weighted by Gasteiger charge is 2.22. The Morgan fingerprint density at radius 3 is 3.09 bits per heavy atom. The molecule has 1 aliphatic carbocycles. The van der Waals surface area contributed by atoms with Gasteiger partial charge in [0.1, 0.15) is 5.65 Å². The molecule has 4 rings (SSSR count). The molecular formula is C15H15N5OS2. The van der Waals surface area contributed by atoms with Gasteiger partial charge in [0.25, 0.3) is 5.56 Å². The summed E-state index contributed by atoms with van der Waals surface area (Å²) in [5, 5.41) is 12.5. The van der Waals surface area contributed by atoms with E-state index in [1.807, 2.05) is 25.3 Å². The fourth-order valence-corrected chi connectivity index (χ4v) is 3.92. The Kier molecular flexibility index (Phi) is 3.78. The van der Waals surface area contributed by atoms with E-state index in [2.05, 4.69) is 20.5 Å². The molecule has 0 spiro atoms. The number of aromatic nitrogens is 4. The Labute approximate surface area is 141 Å². The topological polar surface area (TPSA) is 72.2 Å². The van der Waals surface area contributed by atoms with Gasteiger partial charge in [0.05, 0.1) is 5.69 Å². The monoisotopic (exact) mass is 345 g/mol. The maximum absolute atomic E-state index is 12.2. The molecule has 23 heavy (non-hydrogen) atoms. The third-order valence-electron chi connectivity index (χ3n) is 3.52. The van der Waals surface area contributed by atoms with Gasteiger partial charge in [-0.1, -0.05) is 29.2 Å². The molecule has 3 aromatic rings. The van der Waals surface area contributed by atoms with Crippen molar-refractivity contribution in [3.8, 4) is 0 Å². The van der Waals surface area contributed by atoms with Gasteiger partial charge in [0, 0.05) is 24.1 Å². The second-order valence-corrected chi connectivity index (χ2v) is 7.80. The lowest BCUT2D eigenvalue weighted by molar-refractivity contribution is 0.987. The molecule has 0 saturated heterocycles. The highest BCUT2D eigenvalue weighted by Crippen LogP contribution is 2.31. The van der Waals surface area contributed by atoms with Crippen LogP contribution in [-0.4, -0.2) is 25.6 Å². The lowest BCUT2D eigenvalue weighted by Crippen LogP contribution is -2.15. The number of anilines is 1. The molecule has 1 N–H and O–H groups in total. The molecular weight excluding hydrogens is 330 g/mol. The van der Waals surface area contributed by atoms with Gasteiger partial charge in [-0.15, -0.1) is 10.2 Å². The van der Waals surface area contributed by atoms with Gasteiger partial charge in [0.2, 0.25) is 5.13 Å². The van der Waals surface area contributed by atoms with Crippen molar-refractivity contribution in [2.75, 3.05) is 5.32 Å². The Hall–Kier alpha value is -1.93. The summed E-state index contributed by atoms with van der Waals surface area (Å²) in [6, 6.07) is 5.99. The van der Waals surface area contributed by atoms with Crippen LogP contribution < -0.4 is 10.9 Å². The summed E-state index contributed by atoms with van der Waals surface area (Å²) < 4.78 is 2.46. The summed E-state index contributed by atoms with van der Waals surface area (Å²) in [7, 11) is 0. The summed E-state index contributed by atoms with van der Waals surface area (Å²) in [5.41, 5.74) is 2.42. The zero-order valence-corrected chi connectivity index (χ0v) is 14.2. The number of nitrogens with one attached hydrogen (secondary N) is 1. The zero-order chi connectivity index (χ0) is 15.8. The molecule has 0 atom stereocenters. The third kappa shape index (κ3) is 3.37. The number of nitrogens with zero attached hydrogens (tertiary/aromatic N) is 4. The maximum atomic E-state index is 12.2. The highest BCUT2D eigenvalue weighted by molar-refractivity contribution is 8.00. The number of hydrogen-bond acceptors (Lipinski definition) is 7. The van der Waals surface area contributed by atoms with Crippen LogP contribution in [0, 0.1) is 6.92 Å². The lowest BCUT2D eigenvalue weighted by atomic mass is 10.3. The van der Waals surface area contributed by atoms with Crippen LogP contribution in [-0.2, 0) is 5.75 Å². The van der Waals surface area contributed by atoms with Crippen molar-refractivity contribution in [3.05, 3.63) is 46.0 Å². The number of fused-ring (bicyclic) bond motifs is 1. The second kappa shape index (κ2) is 5.93. The molecule has 0 bridgehead atoms. The van der Waals surface area contributed by atoms with Crippen LogP contribution >= 0.6 is 23.1 Å². The predicted octanol–water partition coefficient (Wildman–Crippen LogP) is 2.72. The van der Waals surface area contributed by atoms with Crippen molar-refractivity contribution in [2.24, 2.45) is 0 Å². The summed E-state index contributed by atoms with van der Waals surface area (Å²) in [5.74, 6) is 0.609. The summed E-state index contributed by atoms with van der Waals surface area (Å²) in [6.45, 7) is 1.96. The van der Waals surface area contributed by atoms with E-state index < -0.39 is 0 Å². The first-order chi connectivity index (χ1) is 11.2. The van der Waals surface area contributed by atoms with Crippen molar-refractivity contribution in [1.29, 1.82) is 0 Å². The minimum Gasteiger partial charge on any atom is -0.357 e. The number of hydrogen-bond donors (Lipinski definition) is 1. The van der Waals surface area contributed by atoms with Crippen molar-refractivity contribution in [2.45, 2.75) is 35.9 Å². The van der Waals surface area contributed by atoms with Crippen LogP contribution in [0.15, 0.2) is 33.5 Å². The first-order valence-corrected chi connectivity index (χ1v) is 9.19. The molecule has 0 unspecified atom stereocenters. The SMILES string of the molecule is Cc1ccc2nc(CSc3nnc(NC4CC4)s3)cc(=O)n2c1. The van der Waals surface area contributed by atoms with Crippen LogP contribution in [0.25, 0.3) is 5.65 Å². The van der Waals surface area contributed by atoms with E-state index >= 15 is 0 Å². The normalized spacial score (nSPS) is 14.3. The molecule has 1 aliphatic rings. The van der Waals surface area contributed by atoms with E-state index in [4.69, 9.17) is 0 Å². The van der Waals surface area contributed by atoms with E-state index in [0.29, 0.717) is 17.4 Å². The molecule has 0 amide bonds. The van der Waals surface area contributed by atoms with Crippen molar-refractivity contribution >= 4 is 33.9 Å². The van der Waals surface area contributed by atoms with Crippen molar-refractivity contribution < 1.29 is 0 Å². The van der Waals surface area contributed by atoms with Crippen LogP contribution in [0.2, 0.25) is 0 Å². The Bertz CT molecular complexity index is 916. The standard InChI is InChI=1S/C15H15N5OS2/c1-9-2-5-12-16-11(6-13(21)20(12)7-9)8-22-15-19-18-14(23-15)17-10-3-4-10/h2,5-7,10H,3-4,8H2,1H3,(H,17,18). The predicted molar refractivity (Wildman–Crippen MR) is 92.3 cm³/mol. The molecule has 1 fully saturated rings. The quantitative estimate of drug-likeness (QED) is 0.717. The van der Waals surface area contributed by atoms with Crippen LogP contribution in [0.4, 0.5) is 5.13 Å². The maximum Gasteiger partial charge on any atom is 0.258 e. The van der Waals surface area contributed by atoms with Crippen LogP contribution in [0.3, 0.4) is 0 Å². The fourth-order valence-electron chi connectivity index (χ4n) is 2.20. The van der Waals surface area contributed by atoms with Gasteiger partial charge in [0.15, 0.2) is 4.34 Å². The van der Waals surface area contributed by atoms with Gasteiger partial charge in [-0.2, -0.15) is 0 Å². The van der Waals surface area contributed by atoms with Crippen molar-refractivity contribution in [3.63, 3.8) is 0 Å². The van der Waals surface area contributed by atoms with E-state index in [1.165, 1.54) is 12.8 Å². The molecule has 3 heterocycles. The highest BCUT2D eigenvalue weighted by atomic mass is 32.2. The van der Waals surface area contributed by atoms with E-state index in [-0.39, 0.29) is 5.56 Å². The molecule has 3 aromatic heterocycles. The summed E-state index contributed by atoms with van der Waals surface area (Å²) in [4.78, 5) is 16.7. The lowest BCUT2D eigenvalue weighted by Gasteiger charge is -2.04. The smallest absolute Gasteiger partial charge is 0.258 e. The molecule has 6 nitrogen and oxygen atoms in total. The molecule has 0 aliphatic heterocycles. The first kappa shape index (κ1) is 14.6. The minimum absolute atomic E-state index is 0.0531. The molecule has 0 aromatic carbocycles. The summed E-state index contributed by atoms with van der Waals surface area (Å²) >= 11 is 3.11. The van der Waals surface area contributed by atoms with E-state index in [9.17, 15) is 4.79 Å². The van der Waals surface area contributed by atoms with E-state index in [1.54, 1.807) is 33.6 Å². The third-order valence-corrected chi connectivity index (χ3v) is 5.54. The number of thioether (sulfide) groups is 1. The number of aryl methyl sites for hydroxylation is 1. The van der Waals surface area contributed by atoms with Gasteiger partial charge >= 0.3 is 0 Å². The molecule has 0 radical (unpaired) electrons. The van der Waals surface area contributed by atoms with Gasteiger partial charge in [-0.05, 0) is 31.4 Å². The van der Waals surface area contributed by atoms with E-state index in [0.717, 1.165) is 20.7 Å². The Balaban J connectivity index is 1.50. The Morgan fingerprint density at radius 1 is 1.39 bits per heavy atom.